The third-order valence-corrected chi connectivity index (χ3v) is 6.46. The molecule has 0 spiro atoms. The van der Waals surface area contributed by atoms with E-state index in [1.807, 2.05) is 12.1 Å². The van der Waals surface area contributed by atoms with Crippen LogP contribution in [-0.2, 0) is 24.1 Å². The van der Waals surface area contributed by atoms with Gasteiger partial charge in [0.15, 0.2) is 5.52 Å². The summed E-state index contributed by atoms with van der Waals surface area (Å²) in [7, 11) is -0.198. The number of nitrogens with zero attached hydrogens (tertiary/aromatic N) is 4. The Morgan fingerprint density at radius 1 is 0.969 bits per heavy atom. The third kappa shape index (κ3) is 4.32. The van der Waals surface area contributed by atoms with Gasteiger partial charge >= 0.3 is 0 Å². The molecular formula is C21H21ClN6O3S. The fourth-order valence-corrected chi connectivity index (χ4v) is 4.05. The quantitative estimate of drug-likeness (QED) is 0.444. The van der Waals surface area contributed by atoms with Crippen LogP contribution in [0.25, 0.3) is 22.2 Å². The Hall–Kier alpha value is -3.37. The molecule has 0 radical (unpaired) electrons. The molecule has 166 valence electrons. The van der Waals surface area contributed by atoms with Crippen molar-refractivity contribution in [1.82, 2.24) is 19.6 Å². The van der Waals surface area contributed by atoms with E-state index in [4.69, 9.17) is 11.6 Å². The Morgan fingerprint density at radius 2 is 1.62 bits per heavy atom. The normalized spacial score (nSPS) is 11.6. The van der Waals surface area contributed by atoms with Crippen LogP contribution in [0.5, 0.6) is 0 Å². The smallest absolute Gasteiger partial charge is 0.280 e. The van der Waals surface area contributed by atoms with Crippen LogP contribution in [0.2, 0.25) is 5.02 Å². The highest BCUT2D eigenvalue weighted by Crippen LogP contribution is 2.35. The first-order chi connectivity index (χ1) is 15.2. The topological polar surface area (TPSA) is 111 Å². The Morgan fingerprint density at radius 3 is 2.31 bits per heavy atom. The molecule has 2 N–H and O–H groups in total. The summed E-state index contributed by atoms with van der Waals surface area (Å²) in [6.07, 6.45) is 1.67. The van der Waals surface area contributed by atoms with Crippen LogP contribution in [0.1, 0.15) is 6.92 Å². The fraction of sp³-hybridized carbons (Fsp3) is 0.190. The maximum Gasteiger partial charge on any atom is 0.280 e. The Bertz CT molecular complexity index is 1480. The summed E-state index contributed by atoms with van der Waals surface area (Å²) in [5, 5.41) is 12.5. The first-order valence-corrected chi connectivity index (χ1v) is 11.8. The van der Waals surface area contributed by atoms with Gasteiger partial charge in [-0.1, -0.05) is 11.6 Å². The van der Waals surface area contributed by atoms with Gasteiger partial charge in [0, 0.05) is 53.5 Å². The van der Waals surface area contributed by atoms with Gasteiger partial charge in [-0.3, -0.25) is 9.52 Å². The third-order valence-electron chi connectivity index (χ3n) is 4.90. The number of sulfonamides is 1. The van der Waals surface area contributed by atoms with Crippen molar-refractivity contribution in [2.24, 2.45) is 14.1 Å². The minimum absolute atomic E-state index is 0.0542. The van der Waals surface area contributed by atoms with Crippen LogP contribution >= 0.6 is 11.6 Å². The van der Waals surface area contributed by atoms with Crippen LogP contribution in [0, 0.1) is 0 Å². The average Bonchev–Trinajstić information content (AvgIpc) is 3.15. The number of rotatable bonds is 6. The van der Waals surface area contributed by atoms with Crippen LogP contribution in [-0.4, -0.2) is 33.7 Å². The summed E-state index contributed by atoms with van der Waals surface area (Å²) in [6, 6.07) is 12.3. The van der Waals surface area contributed by atoms with Gasteiger partial charge in [-0.15, -0.1) is 5.10 Å². The van der Waals surface area contributed by atoms with Gasteiger partial charge in [-0.25, -0.2) is 8.42 Å². The van der Waals surface area contributed by atoms with E-state index in [-0.39, 0.29) is 16.8 Å². The van der Waals surface area contributed by atoms with Gasteiger partial charge in [-0.05, 0) is 49.4 Å². The van der Waals surface area contributed by atoms with Crippen molar-refractivity contribution in [3.63, 3.8) is 0 Å². The fourth-order valence-electron chi connectivity index (χ4n) is 3.29. The summed E-state index contributed by atoms with van der Waals surface area (Å²) in [4.78, 5) is 13.9. The van der Waals surface area contributed by atoms with E-state index >= 15 is 0 Å². The first kappa shape index (κ1) is 21.8. The van der Waals surface area contributed by atoms with Crippen LogP contribution in [0.4, 0.5) is 17.1 Å². The predicted molar refractivity (Wildman–Crippen MR) is 127 cm³/mol. The zero-order valence-electron chi connectivity index (χ0n) is 17.6. The second kappa shape index (κ2) is 8.29. The lowest BCUT2D eigenvalue weighted by Crippen LogP contribution is -2.17. The standard InChI is InChI=1S/C21H21ClN6O3S/c1-4-32(30,31)26-15-9-10-18(23-14-7-5-13(22)6-8-14)16(11-15)17-12-27(2)21(29)20-19(17)24-28(3)25-20/h5-12,23,26H,4H2,1-3H3. The second-order valence-corrected chi connectivity index (χ2v) is 9.69. The number of aryl methyl sites for hydroxylation is 2. The molecule has 11 heteroatoms. The summed E-state index contributed by atoms with van der Waals surface area (Å²) >= 11 is 5.99. The molecule has 4 aromatic rings. The molecule has 9 nitrogen and oxygen atoms in total. The lowest BCUT2D eigenvalue weighted by Gasteiger charge is -2.16. The number of hydrogen-bond donors (Lipinski definition) is 2. The number of benzene rings is 2. The Kier molecular flexibility index (Phi) is 5.66. The molecule has 0 fully saturated rings. The highest BCUT2D eigenvalue weighted by Gasteiger charge is 2.18. The average molecular weight is 473 g/mol. The minimum atomic E-state index is -3.47. The molecule has 2 aromatic carbocycles. The maximum absolute atomic E-state index is 12.6. The minimum Gasteiger partial charge on any atom is -0.355 e. The molecule has 32 heavy (non-hydrogen) atoms. The summed E-state index contributed by atoms with van der Waals surface area (Å²) < 4.78 is 28.3. The van der Waals surface area contributed by atoms with Crippen molar-refractivity contribution < 1.29 is 8.42 Å². The van der Waals surface area contributed by atoms with E-state index < -0.39 is 10.0 Å². The highest BCUT2D eigenvalue weighted by atomic mass is 35.5. The van der Waals surface area contributed by atoms with Crippen molar-refractivity contribution in [1.29, 1.82) is 0 Å². The van der Waals surface area contributed by atoms with Gasteiger partial charge in [0.1, 0.15) is 5.52 Å². The van der Waals surface area contributed by atoms with E-state index in [0.29, 0.717) is 33.0 Å². The monoisotopic (exact) mass is 472 g/mol. The SMILES string of the molecule is CCS(=O)(=O)Nc1ccc(Nc2ccc(Cl)cc2)c(-c2cn(C)c(=O)c3nn(C)nc23)c1. The molecule has 2 aromatic heterocycles. The van der Waals surface area contributed by atoms with Gasteiger partial charge in [0.05, 0.1) is 5.75 Å². The zero-order valence-corrected chi connectivity index (χ0v) is 19.2. The first-order valence-electron chi connectivity index (χ1n) is 9.75. The predicted octanol–water partition coefficient (Wildman–Crippen LogP) is 3.49. The summed E-state index contributed by atoms with van der Waals surface area (Å²) in [6.45, 7) is 1.57. The largest absolute Gasteiger partial charge is 0.355 e. The molecule has 4 rings (SSSR count). The van der Waals surface area contributed by atoms with Gasteiger partial charge in [-0.2, -0.15) is 9.90 Å². The summed E-state index contributed by atoms with van der Waals surface area (Å²) in [5.41, 5.74) is 3.53. The number of fused-ring (bicyclic) bond motifs is 1. The molecule has 0 saturated heterocycles. The Labute approximate surface area is 189 Å². The number of nitrogens with one attached hydrogen (secondary N) is 2. The van der Waals surface area contributed by atoms with E-state index in [9.17, 15) is 13.2 Å². The molecule has 2 heterocycles. The van der Waals surface area contributed by atoms with E-state index in [2.05, 4.69) is 20.2 Å². The molecule has 0 amide bonds. The molecular weight excluding hydrogens is 452 g/mol. The zero-order chi connectivity index (χ0) is 23.0. The van der Waals surface area contributed by atoms with Gasteiger partial charge in [0.2, 0.25) is 10.0 Å². The van der Waals surface area contributed by atoms with Gasteiger partial charge in [0.25, 0.3) is 5.56 Å². The van der Waals surface area contributed by atoms with Crippen molar-refractivity contribution in [2.75, 3.05) is 15.8 Å². The van der Waals surface area contributed by atoms with E-state index in [0.717, 1.165) is 5.69 Å². The van der Waals surface area contributed by atoms with Crippen molar-refractivity contribution >= 4 is 49.7 Å². The van der Waals surface area contributed by atoms with E-state index in [1.165, 1.54) is 9.36 Å². The molecule has 0 bridgehead atoms. The number of aromatic nitrogens is 4. The van der Waals surface area contributed by atoms with Crippen molar-refractivity contribution in [3.8, 4) is 11.1 Å². The molecule has 0 aliphatic carbocycles. The molecule has 0 unspecified atom stereocenters. The lowest BCUT2D eigenvalue weighted by molar-refractivity contribution is 0.602. The molecule has 0 atom stereocenters. The van der Waals surface area contributed by atoms with Crippen LogP contribution in [0.15, 0.2) is 53.5 Å². The van der Waals surface area contributed by atoms with Crippen molar-refractivity contribution in [2.45, 2.75) is 6.92 Å². The number of hydrogen-bond acceptors (Lipinski definition) is 6. The number of anilines is 3. The maximum atomic E-state index is 12.6. The number of pyridine rings is 1. The molecule has 0 saturated carbocycles. The Balaban J connectivity index is 1.93. The molecule has 0 aliphatic heterocycles. The second-order valence-electron chi connectivity index (χ2n) is 7.24. The van der Waals surface area contributed by atoms with Crippen LogP contribution in [0.3, 0.4) is 0 Å². The molecule has 0 aliphatic rings. The van der Waals surface area contributed by atoms with E-state index in [1.54, 1.807) is 57.5 Å². The highest BCUT2D eigenvalue weighted by molar-refractivity contribution is 7.92. The van der Waals surface area contributed by atoms with Crippen molar-refractivity contribution in [3.05, 3.63) is 64.0 Å². The van der Waals surface area contributed by atoms with Crippen LogP contribution < -0.4 is 15.6 Å². The number of halogens is 1. The summed E-state index contributed by atoms with van der Waals surface area (Å²) in [5.74, 6) is -0.0542. The van der Waals surface area contributed by atoms with Gasteiger partial charge < -0.3 is 9.88 Å². The lowest BCUT2D eigenvalue weighted by atomic mass is 10.0.